The van der Waals surface area contributed by atoms with E-state index in [2.05, 4.69) is 40.5 Å². The summed E-state index contributed by atoms with van der Waals surface area (Å²) in [6, 6.07) is 0. The quantitative estimate of drug-likeness (QED) is 0.227. The topological polar surface area (TPSA) is 77.8 Å². The normalized spacial score (nSPS) is 9.77. The molecule has 0 saturated carbocycles. The maximum absolute atomic E-state index is 8.88. The van der Waals surface area contributed by atoms with Gasteiger partial charge in [0, 0.05) is 40.8 Å². The van der Waals surface area contributed by atoms with Crippen LogP contribution in [0, 0.1) is 53.7 Å². The van der Waals surface area contributed by atoms with Gasteiger partial charge in [0.1, 0.15) is 0 Å². The molecule has 0 aliphatic rings. The molecule has 0 aliphatic carbocycles. The Morgan fingerprint density at radius 1 is 0.727 bits per heavy atom. The van der Waals surface area contributed by atoms with Gasteiger partial charge in [0.2, 0.25) is 0 Å². The molecule has 0 bridgehead atoms. The maximum atomic E-state index is 8.88. The summed E-state index contributed by atoms with van der Waals surface area (Å²) in [7, 11) is -4.64. The second-order valence-electron chi connectivity index (χ2n) is 5.03. The number of hydrogen-bond donors (Lipinski definition) is 3. The van der Waals surface area contributed by atoms with Gasteiger partial charge in [-0.15, -0.1) is 0 Å². The Bertz CT molecular complexity index is 178. The van der Waals surface area contributed by atoms with E-state index in [0.717, 1.165) is 0 Å². The minimum Gasteiger partial charge on any atom is -0.332 e. The predicted molar refractivity (Wildman–Crippen MR) is 91.7 cm³/mol. The standard InChI is InChI=1S/2C8H17.Nd.H3O4P/c2*1-3-5-7-8-6-4-2;;1-5(2,3)4/h2*3H,4-8H2,1-2H3;;(H3,1,2,3,4)/q2*-1;;. The van der Waals surface area contributed by atoms with Crippen molar-refractivity contribution in [2.75, 3.05) is 0 Å². The molecule has 0 heterocycles. The number of unbranched alkanes of at least 4 members (excludes halogenated alkanes) is 10. The molecule has 0 aromatic rings. The molecule has 0 aromatic heterocycles. The first-order chi connectivity index (χ1) is 9.83. The Kier molecular flexibility index (Phi) is 38.8. The fraction of sp³-hybridized carbons (Fsp3) is 0.875. The SMILES string of the molecule is C[CH-]CCCCCC.C[CH-]CCCCCC.O=P(O)(O)O.[Nd]. The van der Waals surface area contributed by atoms with Crippen LogP contribution in [-0.2, 0) is 4.57 Å². The van der Waals surface area contributed by atoms with Crippen LogP contribution in [0.4, 0.5) is 0 Å². The third-order valence-corrected chi connectivity index (χ3v) is 2.69. The van der Waals surface area contributed by atoms with E-state index >= 15 is 0 Å². The van der Waals surface area contributed by atoms with Crippen LogP contribution >= 0.6 is 7.82 Å². The number of phosphoric acid groups is 1. The number of rotatable bonds is 10. The van der Waals surface area contributed by atoms with Crippen molar-refractivity contribution in [3.8, 4) is 0 Å². The summed E-state index contributed by atoms with van der Waals surface area (Å²) in [5.74, 6) is 0. The molecule has 0 atom stereocenters. The van der Waals surface area contributed by atoms with Crippen molar-refractivity contribution in [3.05, 3.63) is 12.8 Å². The smallest absolute Gasteiger partial charge is 0.332 e. The molecule has 0 unspecified atom stereocenters. The zero-order valence-electron chi connectivity index (χ0n) is 14.9. The van der Waals surface area contributed by atoms with Crippen LogP contribution in [0.2, 0.25) is 0 Å². The zero-order valence-corrected chi connectivity index (χ0v) is 19.0. The molecular formula is C16H37NdO4P-2. The van der Waals surface area contributed by atoms with Gasteiger partial charge in [-0.05, 0) is 0 Å². The van der Waals surface area contributed by atoms with E-state index in [1.165, 1.54) is 64.2 Å². The zero-order chi connectivity index (χ0) is 17.0. The van der Waals surface area contributed by atoms with Gasteiger partial charge in [0.05, 0.1) is 0 Å². The minimum atomic E-state index is -4.64. The minimum absolute atomic E-state index is 0. The summed E-state index contributed by atoms with van der Waals surface area (Å²) in [6.45, 7) is 8.75. The molecule has 22 heavy (non-hydrogen) atoms. The monoisotopic (exact) mass is 466 g/mol. The fourth-order valence-corrected chi connectivity index (χ4v) is 1.55. The van der Waals surface area contributed by atoms with Crippen molar-refractivity contribution >= 4 is 7.82 Å². The molecule has 4 nitrogen and oxygen atoms in total. The van der Waals surface area contributed by atoms with E-state index in [1.54, 1.807) is 0 Å². The molecule has 0 radical (unpaired) electrons. The van der Waals surface area contributed by atoms with Crippen molar-refractivity contribution in [1.82, 2.24) is 0 Å². The summed E-state index contributed by atoms with van der Waals surface area (Å²) >= 11 is 0. The molecule has 3 N–H and O–H groups in total. The van der Waals surface area contributed by atoms with Gasteiger partial charge < -0.3 is 27.5 Å². The molecule has 0 spiro atoms. The van der Waals surface area contributed by atoms with Crippen LogP contribution < -0.4 is 0 Å². The Morgan fingerprint density at radius 3 is 1.18 bits per heavy atom. The van der Waals surface area contributed by atoms with Crippen molar-refractivity contribution in [2.24, 2.45) is 0 Å². The van der Waals surface area contributed by atoms with Crippen molar-refractivity contribution in [3.63, 3.8) is 0 Å². The first-order valence-electron chi connectivity index (χ1n) is 8.17. The van der Waals surface area contributed by atoms with Gasteiger partial charge in [-0.1, -0.05) is 65.2 Å². The fourth-order valence-electron chi connectivity index (χ4n) is 1.55. The second kappa shape index (κ2) is 27.3. The summed E-state index contributed by atoms with van der Waals surface area (Å²) < 4.78 is 8.88. The van der Waals surface area contributed by atoms with E-state index in [9.17, 15) is 0 Å². The maximum Gasteiger partial charge on any atom is 0.466 e. The van der Waals surface area contributed by atoms with Crippen LogP contribution in [0.15, 0.2) is 0 Å². The van der Waals surface area contributed by atoms with E-state index in [-0.39, 0.29) is 40.8 Å². The predicted octanol–water partition coefficient (Wildman–Crippen LogP) is 5.43. The largest absolute Gasteiger partial charge is 0.466 e. The van der Waals surface area contributed by atoms with Gasteiger partial charge >= 0.3 is 7.82 Å². The summed E-state index contributed by atoms with van der Waals surface area (Å²) in [6.07, 6.45) is 18.2. The Morgan fingerprint density at radius 2 is 1.00 bits per heavy atom. The van der Waals surface area contributed by atoms with Crippen molar-refractivity contribution < 1.29 is 60.1 Å². The molecule has 136 valence electrons. The molecule has 0 fully saturated rings. The first-order valence-corrected chi connectivity index (χ1v) is 9.73. The average Bonchev–Trinajstić information content (AvgIpc) is 2.39. The van der Waals surface area contributed by atoms with Gasteiger partial charge in [0.15, 0.2) is 0 Å². The van der Waals surface area contributed by atoms with Gasteiger partial charge in [0.25, 0.3) is 0 Å². The van der Waals surface area contributed by atoms with Crippen LogP contribution in [-0.4, -0.2) is 14.7 Å². The molecule has 0 aliphatic heterocycles. The summed E-state index contributed by atoms with van der Waals surface area (Å²) in [5.41, 5.74) is 0. The third-order valence-electron chi connectivity index (χ3n) is 2.69. The van der Waals surface area contributed by atoms with E-state index in [1.807, 2.05) is 0 Å². The Hall–Kier alpha value is 1.46. The van der Waals surface area contributed by atoms with Gasteiger partial charge in [-0.3, -0.25) is 0 Å². The molecule has 0 rings (SSSR count). The molecular weight excluding hydrogens is 431 g/mol. The van der Waals surface area contributed by atoms with Crippen molar-refractivity contribution in [2.45, 2.75) is 91.9 Å². The van der Waals surface area contributed by atoms with Crippen LogP contribution in [0.5, 0.6) is 0 Å². The summed E-state index contributed by atoms with van der Waals surface area (Å²) in [5, 5.41) is 0. The molecule has 0 aromatic carbocycles. The summed E-state index contributed by atoms with van der Waals surface area (Å²) in [4.78, 5) is 21.6. The van der Waals surface area contributed by atoms with E-state index in [0.29, 0.717) is 0 Å². The van der Waals surface area contributed by atoms with E-state index < -0.39 is 7.82 Å². The molecule has 6 heteroatoms. The second-order valence-corrected chi connectivity index (χ2v) is 6.05. The first kappa shape index (κ1) is 31.3. The van der Waals surface area contributed by atoms with E-state index in [4.69, 9.17) is 19.2 Å². The van der Waals surface area contributed by atoms with Gasteiger partial charge in [-0.2, -0.15) is 26.7 Å². The molecule has 0 saturated heterocycles. The number of hydrogen-bond acceptors (Lipinski definition) is 1. The van der Waals surface area contributed by atoms with Crippen LogP contribution in [0.1, 0.15) is 91.9 Å². The Labute approximate surface area is 171 Å². The molecule has 0 amide bonds. The third kappa shape index (κ3) is 68.4. The van der Waals surface area contributed by atoms with Crippen LogP contribution in [0.3, 0.4) is 0 Å². The van der Waals surface area contributed by atoms with Gasteiger partial charge in [-0.25, -0.2) is 4.57 Å². The Balaban J connectivity index is -0.000000111. The van der Waals surface area contributed by atoms with Crippen molar-refractivity contribution in [1.29, 1.82) is 0 Å². The van der Waals surface area contributed by atoms with Crippen LogP contribution in [0.25, 0.3) is 0 Å². The average molecular weight is 469 g/mol.